The number of hydrogen-bond acceptors (Lipinski definition) is 2. The first-order chi connectivity index (χ1) is 9.20. The summed E-state index contributed by atoms with van der Waals surface area (Å²) in [5.41, 5.74) is 4.06. The third kappa shape index (κ3) is 3.67. The van der Waals surface area contributed by atoms with E-state index in [1.165, 1.54) is 16.7 Å². The Hall–Kier alpha value is -1.61. The molecule has 1 aromatic carbocycles. The van der Waals surface area contributed by atoms with Crippen LogP contribution in [0.4, 0.5) is 0 Å². The molecule has 0 amide bonds. The van der Waals surface area contributed by atoms with Gasteiger partial charge in [0, 0.05) is 12.4 Å². The van der Waals surface area contributed by atoms with Crippen LogP contribution in [0.2, 0.25) is 0 Å². The van der Waals surface area contributed by atoms with E-state index < -0.39 is 0 Å². The van der Waals surface area contributed by atoms with Gasteiger partial charge in [-0.1, -0.05) is 30.7 Å². The molecule has 0 saturated carbocycles. The molecule has 0 saturated heterocycles. The lowest BCUT2D eigenvalue weighted by Crippen LogP contribution is -2.25. The maximum atomic E-state index is 4.40. The summed E-state index contributed by atoms with van der Waals surface area (Å²) >= 11 is 0. The van der Waals surface area contributed by atoms with Crippen LogP contribution in [-0.2, 0) is 6.42 Å². The molecule has 0 aliphatic rings. The van der Waals surface area contributed by atoms with Crippen molar-refractivity contribution in [3.8, 4) is 0 Å². The van der Waals surface area contributed by atoms with Gasteiger partial charge in [-0.15, -0.1) is 0 Å². The Morgan fingerprint density at radius 1 is 1.32 bits per heavy atom. The second-order valence-corrected chi connectivity index (χ2v) is 5.12. The smallest absolute Gasteiger partial charge is 0.123 e. The summed E-state index contributed by atoms with van der Waals surface area (Å²) in [5, 5.41) is 3.57. The zero-order valence-corrected chi connectivity index (χ0v) is 12.0. The molecule has 1 unspecified atom stereocenters. The van der Waals surface area contributed by atoms with Gasteiger partial charge in [0.1, 0.15) is 5.82 Å². The van der Waals surface area contributed by atoms with E-state index in [-0.39, 0.29) is 6.04 Å². The highest BCUT2D eigenvalue weighted by molar-refractivity contribution is 5.31. The number of imidazole rings is 1. The Morgan fingerprint density at radius 3 is 2.84 bits per heavy atom. The summed E-state index contributed by atoms with van der Waals surface area (Å²) in [6.45, 7) is 7.51. The number of nitrogens with zero attached hydrogens (tertiary/aromatic N) is 1. The van der Waals surface area contributed by atoms with Crippen LogP contribution in [0.3, 0.4) is 0 Å². The van der Waals surface area contributed by atoms with Crippen LogP contribution in [0.1, 0.15) is 41.9 Å². The fraction of sp³-hybridized carbons (Fsp3) is 0.438. The minimum atomic E-state index is 0.260. The lowest BCUT2D eigenvalue weighted by atomic mass is 9.98. The van der Waals surface area contributed by atoms with Gasteiger partial charge < -0.3 is 10.3 Å². The summed E-state index contributed by atoms with van der Waals surface area (Å²) in [6.07, 6.45) is 5.81. The van der Waals surface area contributed by atoms with Crippen molar-refractivity contribution >= 4 is 0 Å². The zero-order valence-electron chi connectivity index (χ0n) is 12.0. The number of H-pyrrole nitrogens is 1. The molecule has 102 valence electrons. The van der Waals surface area contributed by atoms with Crippen LogP contribution in [0.15, 0.2) is 30.6 Å². The SMILES string of the molecule is CCCNC(Cc1cc(C)ccc1C)c1ncc[nH]1. The van der Waals surface area contributed by atoms with Crippen molar-refractivity contribution < 1.29 is 0 Å². The van der Waals surface area contributed by atoms with Gasteiger partial charge in [0.25, 0.3) is 0 Å². The second kappa shape index (κ2) is 6.53. The van der Waals surface area contributed by atoms with E-state index in [1.54, 1.807) is 0 Å². The fourth-order valence-corrected chi connectivity index (χ4v) is 2.29. The van der Waals surface area contributed by atoms with Gasteiger partial charge in [-0.3, -0.25) is 0 Å². The first-order valence-corrected chi connectivity index (χ1v) is 6.99. The van der Waals surface area contributed by atoms with Crippen molar-refractivity contribution in [3.05, 3.63) is 53.1 Å². The van der Waals surface area contributed by atoms with Gasteiger partial charge in [0.15, 0.2) is 0 Å². The lowest BCUT2D eigenvalue weighted by molar-refractivity contribution is 0.507. The number of aromatic nitrogens is 2. The van der Waals surface area contributed by atoms with Crippen molar-refractivity contribution in [2.24, 2.45) is 0 Å². The molecule has 0 fully saturated rings. The van der Waals surface area contributed by atoms with Crippen LogP contribution >= 0.6 is 0 Å². The molecule has 1 atom stereocenters. The van der Waals surface area contributed by atoms with Crippen LogP contribution < -0.4 is 5.32 Å². The standard InChI is InChI=1S/C16H23N3/c1-4-7-17-15(16-18-8-9-19-16)11-14-10-12(2)5-6-13(14)3/h5-6,8-10,15,17H,4,7,11H2,1-3H3,(H,18,19). The minimum Gasteiger partial charge on any atom is -0.347 e. The number of nitrogens with one attached hydrogen (secondary N) is 2. The molecule has 19 heavy (non-hydrogen) atoms. The Kier molecular flexibility index (Phi) is 4.74. The largest absolute Gasteiger partial charge is 0.347 e. The maximum absolute atomic E-state index is 4.40. The molecule has 0 spiro atoms. The van der Waals surface area contributed by atoms with E-state index in [9.17, 15) is 0 Å². The third-order valence-corrected chi connectivity index (χ3v) is 3.42. The maximum Gasteiger partial charge on any atom is 0.123 e. The van der Waals surface area contributed by atoms with Crippen LogP contribution in [0.5, 0.6) is 0 Å². The number of benzene rings is 1. The van der Waals surface area contributed by atoms with E-state index in [0.717, 1.165) is 25.2 Å². The number of hydrogen-bond donors (Lipinski definition) is 2. The summed E-state index contributed by atoms with van der Waals surface area (Å²) < 4.78 is 0. The number of aryl methyl sites for hydroxylation is 2. The second-order valence-electron chi connectivity index (χ2n) is 5.12. The average Bonchev–Trinajstić information content (AvgIpc) is 2.92. The number of aromatic amines is 1. The first-order valence-electron chi connectivity index (χ1n) is 6.99. The molecule has 3 heteroatoms. The molecule has 3 nitrogen and oxygen atoms in total. The average molecular weight is 257 g/mol. The summed E-state index contributed by atoms with van der Waals surface area (Å²) in [4.78, 5) is 7.63. The third-order valence-electron chi connectivity index (χ3n) is 3.42. The quantitative estimate of drug-likeness (QED) is 0.833. The lowest BCUT2D eigenvalue weighted by Gasteiger charge is -2.18. The molecule has 2 aromatic rings. The van der Waals surface area contributed by atoms with Crippen molar-refractivity contribution in [2.75, 3.05) is 6.54 Å². The molecule has 2 N–H and O–H groups in total. The van der Waals surface area contributed by atoms with Crippen molar-refractivity contribution in [1.82, 2.24) is 15.3 Å². The Bertz CT molecular complexity index is 503. The molecular formula is C16H23N3. The van der Waals surface area contributed by atoms with E-state index in [2.05, 4.69) is 54.3 Å². The summed E-state index contributed by atoms with van der Waals surface area (Å²) in [6, 6.07) is 6.90. The van der Waals surface area contributed by atoms with Crippen molar-refractivity contribution in [2.45, 2.75) is 39.7 Å². The van der Waals surface area contributed by atoms with Gasteiger partial charge in [-0.25, -0.2) is 4.98 Å². The molecule has 1 heterocycles. The van der Waals surface area contributed by atoms with E-state index >= 15 is 0 Å². The molecule has 2 rings (SSSR count). The first kappa shape index (κ1) is 13.8. The molecule has 0 radical (unpaired) electrons. The molecule has 0 aliphatic carbocycles. The van der Waals surface area contributed by atoms with Gasteiger partial charge in [-0.2, -0.15) is 0 Å². The monoisotopic (exact) mass is 257 g/mol. The Morgan fingerprint density at radius 2 is 2.16 bits per heavy atom. The Labute approximate surface area is 115 Å². The highest BCUT2D eigenvalue weighted by Gasteiger charge is 2.14. The van der Waals surface area contributed by atoms with Crippen molar-refractivity contribution in [3.63, 3.8) is 0 Å². The van der Waals surface area contributed by atoms with Gasteiger partial charge in [0.05, 0.1) is 6.04 Å². The molecule has 0 bridgehead atoms. The van der Waals surface area contributed by atoms with Crippen molar-refractivity contribution in [1.29, 1.82) is 0 Å². The predicted molar refractivity (Wildman–Crippen MR) is 79.2 cm³/mol. The minimum absolute atomic E-state index is 0.260. The summed E-state index contributed by atoms with van der Waals surface area (Å²) in [7, 11) is 0. The fourth-order valence-electron chi connectivity index (χ4n) is 2.29. The van der Waals surface area contributed by atoms with E-state index in [4.69, 9.17) is 0 Å². The Balaban J connectivity index is 2.17. The summed E-state index contributed by atoms with van der Waals surface area (Å²) in [5.74, 6) is 1.02. The zero-order chi connectivity index (χ0) is 13.7. The normalized spacial score (nSPS) is 12.6. The van der Waals surface area contributed by atoms with Gasteiger partial charge >= 0.3 is 0 Å². The molecular weight excluding hydrogens is 234 g/mol. The van der Waals surface area contributed by atoms with Crippen LogP contribution in [0, 0.1) is 13.8 Å². The van der Waals surface area contributed by atoms with Gasteiger partial charge in [0.2, 0.25) is 0 Å². The topological polar surface area (TPSA) is 40.7 Å². The molecule has 0 aliphatic heterocycles. The molecule has 1 aromatic heterocycles. The van der Waals surface area contributed by atoms with E-state index in [1.807, 2.05) is 12.4 Å². The van der Waals surface area contributed by atoms with Crippen LogP contribution in [-0.4, -0.2) is 16.5 Å². The highest BCUT2D eigenvalue weighted by Crippen LogP contribution is 2.19. The predicted octanol–water partition coefficient (Wildman–Crippen LogP) is 3.31. The number of rotatable bonds is 6. The highest BCUT2D eigenvalue weighted by atomic mass is 15.0. The van der Waals surface area contributed by atoms with Crippen LogP contribution in [0.25, 0.3) is 0 Å². The van der Waals surface area contributed by atoms with E-state index in [0.29, 0.717) is 0 Å². The van der Waals surface area contributed by atoms with Gasteiger partial charge in [-0.05, 0) is 44.4 Å².